The molecule has 3 rings (SSSR count). The number of ether oxygens (including phenoxy) is 2. The van der Waals surface area contributed by atoms with Crippen molar-refractivity contribution in [3.05, 3.63) is 45.6 Å². The van der Waals surface area contributed by atoms with Crippen molar-refractivity contribution in [2.45, 2.75) is 19.3 Å². The van der Waals surface area contributed by atoms with E-state index >= 15 is 0 Å². The molecule has 0 amide bonds. The van der Waals surface area contributed by atoms with Crippen LogP contribution in [0.4, 0.5) is 0 Å². The molecule has 0 saturated carbocycles. The fraction of sp³-hybridized carbons (Fsp3) is 0.435. The first-order valence-corrected chi connectivity index (χ1v) is 10.4. The minimum atomic E-state index is -1.74. The number of halogens is 1. The molecule has 2 N–H and O–H groups in total. The Morgan fingerprint density at radius 3 is 2.55 bits per heavy atom. The van der Waals surface area contributed by atoms with E-state index in [1.807, 2.05) is 20.0 Å². The highest BCUT2D eigenvalue weighted by molar-refractivity contribution is 6.31. The maximum Gasteiger partial charge on any atom is 0.191 e. The second-order valence-corrected chi connectivity index (χ2v) is 8.18. The summed E-state index contributed by atoms with van der Waals surface area (Å²) in [4.78, 5) is 2.07. The van der Waals surface area contributed by atoms with E-state index in [0.29, 0.717) is 41.8 Å². The van der Waals surface area contributed by atoms with Crippen LogP contribution < -0.4 is 15.2 Å². The third-order valence-electron chi connectivity index (χ3n) is 5.93. The SMILES string of the molecule is CCCOc1cc(Cl)c([C@@H]2[C@H]3CN(C)CC=C3C(C#N)=C(N)C2(C#N)C#N)cc1OC. The van der Waals surface area contributed by atoms with E-state index in [4.69, 9.17) is 26.8 Å². The number of hydrogen-bond donors (Lipinski definition) is 1. The van der Waals surface area contributed by atoms with Crippen molar-refractivity contribution >= 4 is 11.6 Å². The van der Waals surface area contributed by atoms with Crippen molar-refractivity contribution in [2.75, 3.05) is 33.9 Å². The highest BCUT2D eigenvalue weighted by Gasteiger charge is 2.55. The summed E-state index contributed by atoms with van der Waals surface area (Å²) in [5, 5.41) is 30.5. The molecule has 1 aliphatic heterocycles. The molecule has 1 aromatic carbocycles. The van der Waals surface area contributed by atoms with Crippen LogP contribution in [-0.4, -0.2) is 38.8 Å². The number of nitrogens with two attached hydrogens (primary N) is 1. The third-order valence-corrected chi connectivity index (χ3v) is 6.25. The Hall–Kier alpha value is -3.18. The summed E-state index contributed by atoms with van der Waals surface area (Å²) in [6, 6.07) is 9.73. The second kappa shape index (κ2) is 8.90. The number of likely N-dealkylation sites (N-methyl/N-ethyl adjacent to an activating group) is 1. The summed E-state index contributed by atoms with van der Waals surface area (Å²) in [7, 11) is 3.47. The Bertz CT molecular complexity index is 1060. The molecule has 0 spiro atoms. The summed E-state index contributed by atoms with van der Waals surface area (Å²) < 4.78 is 11.3. The number of benzene rings is 1. The van der Waals surface area contributed by atoms with Crippen LogP contribution in [0.1, 0.15) is 24.8 Å². The molecule has 0 fully saturated rings. The number of allylic oxidation sites excluding steroid dienone is 2. The van der Waals surface area contributed by atoms with Crippen LogP contribution in [0.3, 0.4) is 0 Å². The van der Waals surface area contributed by atoms with Gasteiger partial charge in [0.25, 0.3) is 0 Å². The fourth-order valence-electron chi connectivity index (χ4n) is 4.44. The van der Waals surface area contributed by atoms with Gasteiger partial charge in [-0.05, 0) is 30.7 Å². The van der Waals surface area contributed by atoms with Crippen molar-refractivity contribution in [1.29, 1.82) is 15.8 Å². The first-order valence-electron chi connectivity index (χ1n) is 10.00. The zero-order chi connectivity index (χ0) is 22.8. The molecular formula is C23H24ClN5O2. The smallest absolute Gasteiger partial charge is 0.191 e. The maximum atomic E-state index is 10.2. The lowest BCUT2D eigenvalue weighted by atomic mass is 9.58. The van der Waals surface area contributed by atoms with E-state index in [0.717, 1.165) is 12.0 Å². The third kappa shape index (κ3) is 3.59. The monoisotopic (exact) mass is 437 g/mol. The lowest BCUT2D eigenvalue weighted by Gasteiger charge is -2.45. The Kier molecular flexibility index (Phi) is 6.46. The van der Waals surface area contributed by atoms with Crippen LogP contribution >= 0.6 is 11.6 Å². The van der Waals surface area contributed by atoms with Crippen LogP contribution in [0.15, 0.2) is 35.1 Å². The molecule has 31 heavy (non-hydrogen) atoms. The van der Waals surface area contributed by atoms with Gasteiger partial charge in [0.2, 0.25) is 0 Å². The normalized spacial score (nSPS) is 22.4. The van der Waals surface area contributed by atoms with Gasteiger partial charge in [-0.3, -0.25) is 0 Å². The number of rotatable bonds is 5. The first-order chi connectivity index (χ1) is 14.9. The van der Waals surface area contributed by atoms with Gasteiger partial charge in [0.1, 0.15) is 6.07 Å². The predicted octanol–water partition coefficient (Wildman–Crippen LogP) is 3.49. The molecule has 0 unspecified atom stereocenters. The van der Waals surface area contributed by atoms with Gasteiger partial charge in [-0.2, -0.15) is 15.8 Å². The zero-order valence-corrected chi connectivity index (χ0v) is 18.5. The topological polar surface area (TPSA) is 119 Å². The van der Waals surface area contributed by atoms with Crippen molar-refractivity contribution in [3.63, 3.8) is 0 Å². The molecule has 0 radical (unpaired) electrons. The average Bonchev–Trinajstić information content (AvgIpc) is 2.77. The number of methoxy groups -OCH3 is 1. The van der Waals surface area contributed by atoms with Gasteiger partial charge >= 0.3 is 0 Å². The van der Waals surface area contributed by atoms with E-state index in [1.165, 1.54) is 7.11 Å². The number of fused-ring (bicyclic) bond motifs is 1. The quantitative estimate of drug-likeness (QED) is 0.748. The van der Waals surface area contributed by atoms with Gasteiger partial charge in [0, 0.05) is 36.0 Å². The molecule has 7 nitrogen and oxygen atoms in total. The van der Waals surface area contributed by atoms with E-state index in [9.17, 15) is 15.8 Å². The van der Waals surface area contributed by atoms with E-state index in [-0.39, 0.29) is 17.2 Å². The van der Waals surface area contributed by atoms with Gasteiger partial charge in [-0.25, -0.2) is 0 Å². The van der Waals surface area contributed by atoms with Crippen LogP contribution in [0.25, 0.3) is 0 Å². The zero-order valence-electron chi connectivity index (χ0n) is 17.8. The molecule has 0 aromatic heterocycles. The Labute approximate surface area is 187 Å². The summed E-state index contributed by atoms with van der Waals surface area (Å²) >= 11 is 6.69. The van der Waals surface area contributed by atoms with Gasteiger partial charge in [0.05, 0.1) is 37.1 Å². The van der Waals surface area contributed by atoms with E-state index in [2.05, 4.69) is 23.1 Å². The first kappa shape index (κ1) is 22.5. The standard InChI is InChI=1S/C23H24ClN5O2/c1-4-7-31-20-9-18(24)15(8-19(20)30-3)21-17-11-29(2)6-5-14(17)16(10-25)22(28)23(21,12-26)13-27/h5,8-9,17,21H,4,6-7,11,28H2,1-3H3/t17-,21+/m0/s1. The highest BCUT2D eigenvalue weighted by atomic mass is 35.5. The molecule has 1 aliphatic carbocycles. The minimum absolute atomic E-state index is 0.0293. The molecule has 0 saturated heterocycles. The summed E-state index contributed by atoms with van der Waals surface area (Å²) in [6.07, 6.45) is 2.76. The average molecular weight is 438 g/mol. The fourth-order valence-corrected chi connectivity index (χ4v) is 4.71. The Morgan fingerprint density at radius 2 is 1.97 bits per heavy atom. The largest absolute Gasteiger partial charge is 0.493 e. The van der Waals surface area contributed by atoms with Crippen LogP contribution in [-0.2, 0) is 0 Å². The van der Waals surface area contributed by atoms with Crippen LogP contribution in [0.2, 0.25) is 5.02 Å². The van der Waals surface area contributed by atoms with Crippen molar-refractivity contribution in [2.24, 2.45) is 17.1 Å². The number of nitriles is 3. The molecule has 2 atom stereocenters. The van der Waals surface area contributed by atoms with E-state index < -0.39 is 11.3 Å². The van der Waals surface area contributed by atoms with E-state index in [1.54, 1.807) is 12.1 Å². The molecule has 0 bridgehead atoms. The molecule has 160 valence electrons. The van der Waals surface area contributed by atoms with Crippen molar-refractivity contribution in [1.82, 2.24) is 4.90 Å². The molecule has 2 aliphatic rings. The van der Waals surface area contributed by atoms with Gasteiger partial charge in [0.15, 0.2) is 16.9 Å². The predicted molar refractivity (Wildman–Crippen MR) is 116 cm³/mol. The number of nitrogens with zero attached hydrogens (tertiary/aromatic N) is 4. The van der Waals surface area contributed by atoms with Crippen molar-refractivity contribution in [3.8, 4) is 29.7 Å². The second-order valence-electron chi connectivity index (χ2n) is 7.77. The minimum Gasteiger partial charge on any atom is -0.493 e. The van der Waals surface area contributed by atoms with Crippen molar-refractivity contribution < 1.29 is 9.47 Å². The molecule has 1 heterocycles. The Balaban J connectivity index is 2.30. The molecular weight excluding hydrogens is 414 g/mol. The number of hydrogen-bond acceptors (Lipinski definition) is 7. The summed E-state index contributed by atoms with van der Waals surface area (Å²) in [6.45, 7) is 3.68. The highest BCUT2D eigenvalue weighted by Crippen LogP contribution is 2.56. The summed E-state index contributed by atoms with van der Waals surface area (Å²) in [5.74, 6) is -0.0491. The lowest BCUT2D eigenvalue weighted by molar-refractivity contribution is 0.237. The summed E-state index contributed by atoms with van der Waals surface area (Å²) in [5.41, 5.74) is 6.09. The lowest BCUT2D eigenvalue weighted by Crippen LogP contribution is -2.47. The van der Waals surface area contributed by atoms with Crippen LogP contribution in [0.5, 0.6) is 11.5 Å². The van der Waals surface area contributed by atoms with Crippen LogP contribution in [0, 0.1) is 45.3 Å². The van der Waals surface area contributed by atoms with Gasteiger partial charge < -0.3 is 20.1 Å². The van der Waals surface area contributed by atoms with Gasteiger partial charge in [-0.15, -0.1) is 0 Å². The van der Waals surface area contributed by atoms with Gasteiger partial charge in [-0.1, -0.05) is 24.6 Å². The Morgan fingerprint density at radius 1 is 1.26 bits per heavy atom. The molecule has 8 heteroatoms. The maximum absolute atomic E-state index is 10.2. The molecule has 1 aromatic rings.